The molecule has 0 aliphatic carbocycles. The first kappa shape index (κ1) is 19.9. The molecule has 1 rings (SSSR count). The van der Waals surface area contributed by atoms with Crippen molar-refractivity contribution >= 4 is 21.9 Å². The van der Waals surface area contributed by atoms with Gasteiger partial charge in [0.05, 0.1) is 23.5 Å². The molecule has 1 amide bonds. The van der Waals surface area contributed by atoms with Gasteiger partial charge in [-0.25, -0.2) is 12.7 Å². The van der Waals surface area contributed by atoms with E-state index >= 15 is 0 Å². The Morgan fingerprint density at radius 1 is 1.25 bits per heavy atom. The van der Waals surface area contributed by atoms with Crippen LogP contribution in [-0.4, -0.2) is 69.4 Å². The van der Waals surface area contributed by atoms with Crippen LogP contribution in [0.1, 0.15) is 17.3 Å². The summed E-state index contributed by atoms with van der Waals surface area (Å²) >= 11 is 0. The molecule has 1 aromatic rings. The van der Waals surface area contributed by atoms with Gasteiger partial charge in [0.25, 0.3) is 5.91 Å². The molecule has 1 N–H and O–H groups in total. The Labute approximate surface area is 141 Å². The van der Waals surface area contributed by atoms with Gasteiger partial charge in [-0.15, -0.1) is 0 Å². The number of carbonyl (C=O) groups is 2. The van der Waals surface area contributed by atoms with Crippen LogP contribution in [0.5, 0.6) is 5.75 Å². The fourth-order valence-electron chi connectivity index (χ4n) is 2.00. The topological polar surface area (TPSA) is 104 Å². The number of hydrogen-bond acceptors (Lipinski definition) is 5. The molecule has 0 fully saturated rings. The highest BCUT2D eigenvalue weighted by atomic mass is 32.2. The molecule has 0 aromatic heterocycles. The van der Waals surface area contributed by atoms with Gasteiger partial charge in [0.1, 0.15) is 5.75 Å². The van der Waals surface area contributed by atoms with Gasteiger partial charge < -0.3 is 14.7 Å². The second-order valence-corrected chi connectivity index (χ2v) is 7.63. The summed E-state index contributed by atoms with van der Waals surface area (Å²) in [7, 11) is 1.84. The number of carboxylic acids is 1. The fourth-order valence-corrected chi connectivity index (χ4v) is 3.28. The van der Waals surface area contributed by atoms with E-state index in [0.717, 1.165) is 4.31 Å². The fraction of sp³-hybridized carbons (Fsp3) is 0.467. The number of carboxylic acid groups (broad SMARTS) is 1. The number of carbonyl (C=O) groups excluding carboxylic acids is 1. The minimum absolute atomic E-state index is 0.103. The molecule has 134 valence electrons. The largest absolute Gasteiger partial charge is 0.496 e. The van der Waals surface area contributed by atoms with Gasteiger partial charge in [-0.05, 0) is 18.2 Å². The molecule has 0 radical (unpaired) electrons. The summed E-state index contributed by atoms with van der Waals surface area (Å²) < 4.78 is 31.3. The van der Waals surface area contributed by atoms with Gasteiger partial charge in [-0.2, -0.15) is 0 Å². The van der Waals surface area contributed by atoms with Crippen molar-refractivity contribution in [2.75, 3.05) is 34.8 Å². The predicted octanol–water partition coefficient (Wildman–Crippen LogP) is 0.738. The summed E-state index contributed by atoms with van der Waals surface area (Å²) in [5.74, 6) is -2.08. The highest BCUT2D eigenvalue weighted by molar-refractivity contribution is 7.89. The smallest absolute Gasteiger partial charge is 0.307 e. The van der Waals surface area contributed by atoms with Crippen LogP contribution in [-0.2, 0) is 14.8 Å². The molecule has 0 bridgehead atoms. The third-order valence-corrected chi connectivity index (χ3v) is 5.29. The van der Waals surface area contributed by atoms with Crippen LogP contribution >= 0.6 is 0 Å². The Morgan fingerprint density at radius 3 is 2.29 bits per heavy atom. The van der Waals surface area contributed by atoms with E-state index in [1.165, 1.54) is 44.2 Å². The van der Waals surface area contributed by atoms with E-state index in [1.54, 1.807) is 14.1 Å². The van der Waals surface area contributed by atoms with E-state index < -0.39 is 27.8 Å². The number of methoxy groups -OCH3 is 1. The number of benzene rings is 1. The number of sulfonamides is 1. The van der Waals surface area contributed by atoms with E-state index in [0.29, 0.717) is 0 Å². The standard InChI is InChI=1S/C15H22N2O6S/c1-10(15(19)20)9-17(4)24(21,22)11-6-7-13(23-5)12(8-11)14(18)16(2)3/h6-8,10H,9H2,1-5H3,(H,19,20). The van der Waals surface area contributed by atoms with Gasteiger partial charge in [-0.3, -0.25) is 9.59 Å². The Bertz CT molecular complexity index is 729. The zero-order chi connectivity index (χ0) is 18.7. The molecule has 0 aliphatic heterocycles. The molecule has 1 aromatic carbocycles. The van der Waals surface area contributed by atoms with Crippen LogP contribution in [0.4, 0.5) is 0 Å². The van der Waals surface area contributed by atoms with E-state index in [9.17, 15) is 18.0 Å². The lowest BCUT2D eigenvalue weighted by Gasteiger charge is -2.20. The summed E-state index contributed by atoms with van der Waals surface area (Å²) in [6, 6.07) is 3.96. The van der Waals surface area contributed by atoms with E-state index in [1.807, 2.05) is 0 Å². The van der Waals surface area contributed by atoms with Crippen LogP contribution in [0.15, 0.2) is 23.1 Å². The summed E-state index contributed by atoms with van der Waals surface area (Å²) in [5, 5.41) is 8.93. The third kappa shape index (κ3) is 4.24. The highest BCUT2D eigenvalue weighted by Crippen LogP contribution is 2.25. The van der Waals surface area contributed by atoms with Gasteiger partial charge in [0.2, 0.25) is 10.0 Å². The van der Waals surface area contributed by atoms with Crippen LogP contribution in [0, 0.1) is 5.92 Å². The summed E-state index contributed by atoms with van der Waals surface area (Å²) in [5.41, 5.74) is 0.114. The first-order valence-corrected chi connectivity index (χ1v) is 8.55. The number of ether oxygens (including phenoxy) is 1. The SMILES string of the molecule is COc1ccc(S(=O)(=O)N(C)CC(C)C(=O)O)cc1C(=O)N(C)C. The molecule has 1 atom stereocenters. The zero-order valence-corrected chi connectivity index (χ0v) is 15.1. The molecule has 1 unspecified atom stereocenters. The van der Waals surface area contributed by atoms with Crippen molar-refractivity contribution in [1.29, 1.82) is 0 Å². The number of rotatable bonds is 7. The quantitative estimate of drug-likeness (QED) is 0.771. The Hall–Kier alpha value is -2.13. The second-order valence-electron chi connectivity index (χ2n) is 5.59. The molecule has 0 saturated carbocycles. The third-order valence-electron chi connectivity index (χ3n) is 3.47. The normalized spacial score (nSPS) is 12.8. The Morgan fingerprint density at radius 2 is 1.83 bits per heavy atom. The second kappa shape index (κ2) is 7.63. The van der Waals surface area contributed by atoms with E-state index in [-0.39, 0.29) is 22.8 Å². The summed E-state index contributed by atoms with van der Waals surface area (Å²) in [4.78, 5) is 24.3. The lowest BCUT2D eigenvalue weighted by atomic mass is 10.2. The first-order valence-electron chi connectivity index (χ1n) is 7.11. The van der Waals surface area contributed by atoms with Gasteiger partial charge in [0.15, 0.2) is 0 Å². The monoisotopic (exact) mass is 358 g/mol. The van der Waals surface area contributed by atoms with Crippen molar-refractivity contribution in [3.63, 3.8) is 0 Å². The average molecular weight is 358 g/mol. The number of aliphatic carboxylic acids is 1. The lowest BCUT2D eigenvalue weighted by Crippen LogP contribution is -2.34. The first-order chi connectivity index (χ1) is 11.0. The highest BCUT2D eigenvalue weighted by Gasteiger charge is 2.27. The maximum Gasteiger partial charge on any atom is 0.307 e. The van der Waals surface area contributed by atoms with Crippen LogP contribution in [0.2, 0.25) is 0 Å². The minimum Gasteiger partial charge on any atom is -0.496 e. The van der Waals surface area contributed by atoms with E-state index in [2.05, 4.69) is 0 Å². The predicted molar refractivity (Wildman–Crippen MR) is 87.6 cm³/mol. The van der Waals surface area contributed by atoms with Crippen LogP contribution in [0.25, 0.3) is 0 Å². The zero-order valence-electron chi connectivity index (χ0n) is 14.3. The average Bonchev–Trinajstić information content (AvgIpc) is 2.52. The molecule has 0 aliphatic rings. The van der Waals surface area contributed by atoms with Gasteiger partial charge >= 0.3 is 5.97 Å². The molecule has 24 heavy (non-hydrogen) atoms. The van der Waals surface area contributed by atoms with Crippen molar-refractivity contribution in [2.45, 2.75) is 11.8 Å². The summed E-state index contributed by atoms with van der Waals surface area (Å²) in [6.07, 6.45) is 0. The van der Waals surface area contributed by atoms with Crippen LogP contribution in [0.3, 0.4) is 0 Å². The molecular weight excluding hydrogens is 336 g/mol. The van der Waals surface area contributed by atoms with Crippen molar-refractivity contribution in [1.82, 2.24) is 9.21 Å². The summed E-state index contributed by atoms with van der Waals surface area (Å²) in [6.45, 7) is 1.24. The van der Waals surface area contributed by atoms with Gasteiger partial charge in [0, 0.05) is 27.7 Å². The minimum atomic E-state index is -3.93. The molecule has 0 heterocycles. The lowest BCUT2D eigenvalue weighted by molar-refractivity contribution is -0.141. The molecule has 0 saturated heterocycles. The Balaban J connectivity index is 3.27. The van der Waals surface area contributed by atoms with Crippen molar-refractivity contribution in [2.24, 2.45) is 5.92 Å². The molecule has 8 nitrogen and oxygen atoms in total. The number of nitrogens with zero attached hydrogens (tertiary/aromatic N) is 2. The van der Waals surface area contributed by atoms with E-state index in [4.69, 9.17) is 9.84 Å². The number of amides is 1. The Kier molecular flexibility index (Phi) is 6.33. The van der Waals surface area contributed by atoms with Gasteiger partial charge in [-0.1, -0.05) is 6.92 Å². The maximum absolute atomic E-state index is 12.6. The maximum atomic E-state index is 12.6. The van der Waals surface area contributed by atoms with Crippen molar-refractivity contribution in [3.05, 3.63) is 23.8 Å². The van der Waals surface area contributed by atoms with Crippen molar-refractivity contribution < 1.29 is 27.9 Å². The van der Waals surface area contributed by atoms with Crippen molar-refractivity contribution in [3.8, 4) is 5.75 Å². The molecule has 0 spiro atoms. The molecular formula is C15H22N2O6S. The molecule has 9 heteroatoms. The number of hydrogen-bond donors (Lipinski definition) is 1. The van der Waals surface area contributed by atoms with Crippen LogP contribution < -0.4 is 4.74 Å².